The van der Waals surface area contributed by atoms with Crippen LogP contribution in [0.1, 0.15) is 16.7 Å². The van der Waals surface area contributed by atoms with Crippen molar-refractivity contribution in [1.29, 1.82) is 0 Å². The molecule has 2 amide bonds. The number of halogens is 3. The Bertz CT molecular complexity index is 738. The first kappa shape index (κ1) is 15.4. The van der Waals surface area contributed by atoms with Gasteiger partial charge in [0.25, 0.3) is 0 Å². The van der Waals surface area contributed by atoms with Gasteiger partial charge in [-0.3, -0.25) is 0 Å². The highest BCUT2D eigenvalue weighted by Crippen LogP contribution is 2.32. The average molecular weight is 320 g/mol. The zero-order chi connectivity index (χ0) is 16.6. The molecule has 0 atom stereocenters. The Morgan fingerprint density at radius 1 is 1.00 bits per heavy atom. The maximum Gasteiger partial charge on any atom is 0.416 e. The molecule has 2 aromatic rings. The average Bonchev–Trinajstić information content (AvgIpc) is 2.53. The minimum atomic E-state index is -4.34. The zero-order valence-corrected chi connectivity index (χ0v) is 12.2. The highest BCUT2D eigenvalue weighted by molar-refractivity contribution is 5.73. The van der Waals surface area contributed by atoms with E-state index in [0.717, 1.165) is 35.2 Å². The standard InChI is InChI=1S/C17H15F3N2O/c18-17(19,20)15-5-3-11(4-6-15)13-2-1-12-7-8-22(16(21)23)10-14(12)9-13/h1-6,9H,7-8,10H2,(H2,21,23). The molecule has 0 unspecified atom stereocenters. The van der Waals surface area contributed by atoms with E-state index >= 15 is 0 Å². The number of fused-ring (bicyclic) bond motifs is 1. The monoisotopic (exact) mass is 320 g/mol. The summed E-state index contributed by atoms with van der Waals surface area (Å²) in [5.74, 6) is 0. The van der Waals surface area contributed by atoms with Crippen LogP contribution in [0.25, 0.3) is 11.1 Å². The van der Waals surface area contributed by atoms with Gasteiger partial charge in [-0.15, -0.1) is 0 Å². The van der Waals surface area contributed by atoms with Gasteiger partial charge >= 0.3 is 12.2 Å². The fourth-order valence-electron chi connectivity index (χ4n) is 2.78. The van der Waals surface area contributed by atoms with Crippen LogP contribution in [0.2, 0.25) is 0 Å². The number of benzene rings is 2. The second-order valence-electron chi connectivity index (χ2n) is 5.57. The Hall–Kier alpha value is -2.50. The first-order valence-electron chi connectivity index (χ1n) is 7.18. The lowest BCUT2D eigenvalue weighted by Crippen LogP contribution is -2.39. The summed E-state index contributed by atoms with van der Waals surface area (Å²) in [6.45, 7) is 1.01. The topological polar surface area (TPSA) is 46.3 Å². The number of nitrogens with zero attached hydrogens (tertiary/aromatic N) is 1. The number of rotatable bonds is 1. The van der Waals surface area contributed by atoms with Gasteiger partial charge in [0.05, 0.1) is 5.56 Å². The van der Waals surface area contributed by atoms with Gasteiger partial charge in [0.15, 0.2) is 0 Å². The Morgan fingerprint density at radius 3 is 2.26 bits per heavy atom. The third kappa shape index (κ3) is 3.16. The molecule has 1 aliphatic rings. The lowest BCUT2D eigenvalue weighted by Gasteiger charge is -2.27. The third-order valence-electron chi connectivity index (χ3n) is 4.08. The van der Waals surface area contributed by atoms with Crippen LogP contribution in [0, 0.1) is 0 Å². The van der Waals surface area contributed by atoms with E-state index in [1.165, 1.54) is 12.1 Å². The minimum absolute atomic E-state index is 0.430. The smallest absolute Gasteiger partial charge is 0.351 e. The summed E-state index contributed by atoms with van der Waals surface area (Å²) < 4.78 is 37.8. The normalized spacial score (nSPS) is 14.5. The Balaban J connectivity index is 1.90. The van der Waals surface area contributed by atoms with Crippen LogP contribution >= 0.6 is 0 Å². The molecule has 0 bridgehead atoms. The Morgan fingerprint density at radius 2 is 1.65 bits per heavy atom. The van der Waals surface area contributed by atoms with E-state index in [4.69, 9.17) is 5.73 Å². The van der Waals surface area contributed by atoms with Crippen LogP contribution in [-0.2, 0) is 19.1 Å². The number of carbonyl (C=O) groups is 1. The molecule has 0 fully saturated rings. The summed E-state index contributed by atoms with van der Waals surface area (Å²) in [5, 5.41) is 0. The number of primary amides is 1. The number of urea groups is 1. The predicted octanol–water partition coefficient (Wildman–Crippen LogP) is 3.81. The molecule has 0 spiro atoms. The highest BCUT2D eigenvalue weighted by atomic mass is 19.4. The van der Waals surface area contributed by atoms with Crippen molar-refractivity contribution in [2.24, 2.45) is 5.73 Å². The Kier molecular flexibility index (Phi) is 3.75. The summed E-state index contributed by atoms with van der Waals surface area (Å²) in [7, 11) is 0. The van der Waals surface area contributed by atoms with Gasteiger partial charge in [0.2, 0.25) is 0 Å². The highest BCUT2D eigenvalue weighted by Gasteiger charge is 2.30. The summed E-state index contributed by atoms with van der Waals surface area (Å²) in [6.07, 6.45) is -3.61. The van der Waals surface area contributed by atoms with Gasteiger partial charge in [-0.25, -0.2) is 4.79 Å². The van der Waals surface area contributed by atoms with Crippen molar-refractivity contribution in [2.75, 3.05) is 6.54 Å². The number of carbonyl (C=O) groups excluding carboxylic acids is 1. The molecule has 0 saturated heterocycles. The minimum Gasteiger partial charge on any atom is -0.351 e. The number of hydrogen-bond donors (Lipinski definition) is 1. The summed E-state index contributed by atoms with van der Waals surface area (Å²) in [6, 6.07) is 10.4. The van der Waals surface area contributed by atoms with Crippen LogP contribution in [0.3, 0.4) is 0 Å². The molecule has 0 radical (unpaired) electrons. The molecule has 0 aliphatic carbocycles. The maximum atomic E-state index is 12.6. The first-order valence-corrected chi connectivity index (χ1v) is 7.18. The second kappa shape index (κ2) is 5.61. The molecule has 2 aromatic carbocycles. The van der Waals surface area contributed by atoms with Gasteiger partial charge in [0, 0.05) is 13.1 Å². The van der Waals surface area contributed by atoms with Crippen molar-refractivity contribution in [3.63, 3.8) is 0 Å². The number of amides is 2. The van der Waals surface area contributed by atoms with Crippen LogP contribution in [-0.4, -0.2) is 17.5 Å². The van der Waals surface area contributed by atoms with E-state index in [1.807, 2.05) is 18.2 Å². The van der Waals surface area contributed by atoms with E-state index in [-0.39, 0.29) is 0 Å². The number of alkyl halides is 3. The molecular formula is C17H15F3N2O. The molecule has 0 aromatic heterocycles. The quantitative estimate of drug-likeness (QED) is 0.853. The molecule has 120 valence electrons. The van der Waals surface area contributed by atoms with Gasteiger partial charge in [-0.1, -0.05) is 24.3 Å². The van der Waals surface area contributed by atoms with Crippen LogP contribution in [0.4, 0.5) is 18.0 Å². The molecule has 1 heterocycles. The third-order valence-corrected chi connectivity index (χ3v) is 4.08. The molecule has 3 nitrogen and oxygen atoms in total. The molecule has 6 heteroatoms. The van der Waals surface area contributed by atoms with Gasteiger partial charge < -0.3 is 10.6 Å². The van der Waals surface area contributed by atoms with E-state index in [1.54, 1.807) is 4.90 Å². The Labute approximate surface area is 131 Å². The van der Waals surface area contributed by atoms with Crippen LogP contribution < -0.4 is 5.73 Å². The summed E-state index contributed by atoms with van der Waals surface area (Å²) in [5.41, 5.74) is 8.29. The second-order valence-corrected chi connectivity index (χ2v) is 5.57. The predicted molar refractivity (Wildman–Crippen MR) is 80.6 cm³/mol. The van der Waals surface area contributed by atoms with Gasteiger partial charge in [-0.05, 0) is 46.9 Å². The van der Waals surface area contributed by atoms with Crippen molar-refractivity contribution in [3.8, 4) is 11.1 Å². The molecule has 23 heavy (non-hydrogen) atoms. The van der Waals surface area contributed by atoms with Crippen LogP contribution in [0.15, 0.2) is 42.5 Å². The molecule has 2 N–H and O–H groups in total. The lowest BCUT2D eigenvalue weighted by atomic mass is 9.94. The first-order chi connectivity index (χ1) is 10.8. The summed E-state index contributed by atoms with van der Waals surface area (Å²) in [4.78, 5) is 12.8. The van der Waals surface area contributed by atoms with Crippen molar-refractivity contribution >= 4 is 6.03 Å². The van der Waals surface area contributed by atoms with Crippen molar-refractivity contribution in [2.45, 2.75) is 19.1 Å². The molecule has 1 aliphatic heterocycles. The van der Waals surface area contributed by atoms with E-state index in [9.17, 15) is 18.0 Å². The van der Waals surface area contributed by atoms with E-state index in [2.05, 4.69) is 0 Å². The van der Waals surface area contributed by atoms with Gasteiger partial charge in [0.1, 0.15) is 0 Å². The van der Waals surface area contributed by atoms with E-state index in [0.29, 0.717) is 18.7 Å². The van der Waals surface area contributed by atoms with Gasteiger partial charge in [-0.2, -0.15) is 13.2 Å². The van der Waals surface area contributed by atoms with Crippen molar-refractivity contribution < 1.29 is 18.0 Å². The van der Waals surface area contributed by atoms with Crippen LogP contribution in [0.5, 0.6) is 0 Å². The molecule has 3 rings (SSSR count). The lowest BCUT2D eigenvalue weighted by molar-refractivity contribution is -0.137. The largest absolute Gasteiger partial charge is 0.416 e. The van der Waals surface area contributed by atoms with Crippen molar-refractivity contribution in [3.05, 3.63) is 59.2 Å². The number of hydrogen-bond acceptors (Lipinski definition) is 1. The van der Waals surface area contributed by atoms with E-state index < -0.39 is 17.8 Å². The molecule has 0 saturated carbocycles. The zero-order valence-electron chi connectivity index (χ0n) is 12.2. The summed E-state index contributed by atoms with van der Waals surface area (Å²) >= 11 is 0. The molecular weight excluding hydrogens is 305 g/mol. The SMILES string of the molecule is NC(=O)N1CCc2ccc(-c3ccc(C(F)(F)F)cc3)cc2C1. The number of nitrogens with two attached hydrogens (primary N) is 1. The van der Waals surface area contributed by atoms with Crippen molar-refractivity contribution in [1.82, 2.24) is 4.90 Å². The fourth-order valence-corrected chi connectivity index (χ4v) is 2.78. The maximum absolute atomic E-state index is 12.6. The fraction of sp³-hybridized carbons (Fsp3) is 0.235.